The highest BCUT2D eigenvalue weighted by Crippen LogP contribution is 2.23. The molecule has 26 heavy (non-hydrogen) atoms. The molecule has 0 unspecified atom stereocenters. The van der Waals surface area contributed by atoms with Gasteiger partial charge in [0.15, 0.2) is 0 Å². The summed E-state index contributed by atoms with van der Waals surface area (Å²) in [6.45, 7) is 6.17. The fourth-order valence-corrected chi connectivity index (χ4v) is 3.22. The van der Waals surface area contributed by atoms with Crippen molar-refractivity contribution in [2.45, 2.75) is 37.5 Å². The number of hydrogen-bond acceptors (Lipinski definition) is 5. The minimum atomic E-state index is -0.211. The summed E-state index contributed by atoms with van der Waals surface area (Å²) < 4.78 is 5.23. The number of aryl methyl sites for hydroxylation is 2. The Bertz CT molecular complexity index is 873. The zero-order valence-corrected chi connectivity index (χ0v) is 15.8. The van der Waals surface area contributed by atoms with Gasteiger partial charge in [0.05, 0.1) is 11.8 Å². The number of carbonyl (C=O) groups excluding carboxylic acids is 1. The van der Waals surface area contributed by atoms with Crippen molar-refractivity contribution in [1.29, 1.82) is 0 Å². The highest BCUT2D eigenvalue weighted by Gasteiger charge is 2.16. The fourth-order valence-electron chi connectivity index (χ4n) is 2.33. The van der Waals surface area contributed by atoms with Gasteiger partial charge in [0.25, 0.3) is 0 Å². The summed E-state index contributed by atoms with van der Waals surface area (Å²) in [7, 11) is 0. The molecule has 0 radical (unpaired) electrons. The summed E-state index contributed by atoms with van der Waals surface area (Å²) in [6.07, 6.45) is 0. The summed E-state index contributed by atoms with van der Waals surface area (Å²) in [4.78, 5) is 17.7. The van der Waals surface area contributed by atoms with Crippen LogP contribution in [0.2, 0.25) is 0 Å². The van der Waals surface area contributed by atoms with Gasteiger partial charge < -0.3 is 9.84 Å². The average Bonchev–Trinajstić information content (AvgIpc) is 3.11. The maximum atomic E-state index is 12.3. The van der Waals surface area contributed by atoms with Crippen LogP contribution in [0.3, 0.4) is 0 Å². The molecule has 2 aromatic carbocycles. The van der Waals surface area contributed by atoms with E-state index in [4.69, 9.17) is 4.52 Å². The molecule has 1 N–H and O–H groups in total. The quantitative estimate of drug-likeness (QED) is 0.663. The molecule has 1 atom stereocenters. The molecule has 0 spiro atoms. The zero-order chi connectivity index (χ0) is 18.5. The number of aromatic nitrogens is 2. The Morgan fingerprint density at radius 1 is 1.08 bits per heavy atom. The smallest absolute Gasteiger partial charge is 0.246 e. The largest absolute Gasteiger partial charge is 0.346 e. The fraction of sp³-hybridized carbons (Fsp3) is 0.250. The molecule has 1 aromatic heterocycles. The highest BCUT2D eigenvalue weighted by molar-refractivity contribution is 8.00. The molecule has 0 bridgehead atoms. The molecule has 0 saturated heterocycles. The van der Waals surface area contributed by atoms with Gasteiger partial charge in [0.2, 0.25) is 17.6 Å². The molecule has 3 rings (SSSR count). The lowest BCUT2D eigenvalue weighted by Gasteiger charge is -2.10. The highest BCUT2D eigenvalue weighted by atomic mass is 32.2. The van der Waals surface area contributed by atoms with Crippen molar-refractivity contribution < 1.29 is 9.32 Å². The summed E-state index contributed by atoms with van der Waals surface area (Å²) in [5.74, 6) is 0.850. The first kappa shape index (κ1) is 18.2. The van der Waals surface area contributed by atoms with Gasteiger partial charge in [-0.05, 0) is 32.9 Å². The standard InChI is InChI=1S/C20H21N3O2S/c1-13-4-8-16(9-5-13)19-22-18(25-23-19)12-21-20(24)15(3)26-17-10-6-14(2)7-11-17/h4-11,15H,12H2,1-3H3,(H,21,24)/t15-/m1/s1. The van der Waals surface area contributed by atoms with E-state index in [1.54, 1.807) is 0 Å². The topological polar surface area (TPSA) is 68.0 Å². The van der Waals surface area contributed by atoms with Crippen molar-refractivity contribution in [3.05, 3.63) is 65.5 Å². The molecule has 1 amide bonds. The molecular formula is C20H21N3O2S. The van der Waals surface area contributed by atoms with Crippen LogP contribution < -0.4 is 5.32 Å². The molecule has 0 aliphatic heterocycles. The normalized spacial score (nSPS) is 12.0. The van der Waals surface area contributed by atoms with E-state index in [0.717, 1.165) is 10.5 Å². The number of thioether (sulfide) groups is 1. The van der Waals surface area contributed by atoms with Crippen LogP contribution in [0.15, 0.2) is 57.9 Å². The van der Waals surface area contributed by atoms with Crippen molar-refractivity contribution in [1.82, 2.24) is 15.5 Å². The minimum Gasteiger partial charge on any atom is -0.346 e. The number of rotatable bonds is 6. The number of benzene rings is 2. The molecule has 0 fully saturated rings. The molecule has 0 aliphatic rings. The predicted octanol–water partition coefficient (Wildman–Crippen LogP) is 4.15. The lowest BCUT2D eigenvalue weighted by atomic mass is 10.1. The van der Waals surface area contributed by atoms with E-state index < -0.39 is 0 Å². The number of hydrogen-bond donors (Lipinski definition) is 1. The van der Waals surface area contributed by atoms with Crippen LogP contribution in [-0.2, 0) is 11.3 Å². The minimum absolute atomic E-state index is 0.0642. The summed E-state index contributed by atoms with van der Waals surface area (Å²) in [5, 5.41) is 6.61. The Hall–Kier alpha value is -2.60. The molecule has 0 aliphatic carbocycles. The second kappa shape index (κ2) is 8.19. The van der Waals surface area contributed by atoms with E-state index >= 15 is 0 Å². The first-order valence-electron chi connectivity index (χ1n) is 8.42. The van der Waals surface area contributed by atoms with Gasteiger partial charge in [-0.15, -0.1) is 11.8 Å². The molecule has 134 valence electrons. The van der Waals surface area contributed by atoms with Gasteiger partial charge in [0, 0.05) is 10.5 Å². The van der Waals surface area contributed by atoms with Crippen LogP contribution >= 0.6 is 11.8 Å². The van der Waals surface area contributed by atoms with E-state index in [2.05, 4.69) is 15.5 Å². The summed E-state index contributed by atoms with van der Waals surface area (Å²) in [6, 6.07) is 16.0. The van der Waals surface area contributed by atoms with E-state index in [0.29, 0.717) is 11.7 Å². The van der Waals surface area contributed by atoms with Gasteiger partial charge in [-0.3, -0.25) is 4.79 Å². The van der Waals surface area contributed by atoms with Crippen LogP contribution in [0.1, 0.15) is 23.9 Å². The molecule has 3 aromatic rings. The maximum Gasteiger partial charge on any atom is 0.246 e. The average molecular weight is 367 g/mol. The third-order valence-electron chi connectivity index (χ3n) is 3.89. The van der Waals surface area contributed by atoms with Gasteiger partial charge in [-0.25, -0.2) is 0 Å². The van der Waals surface area contributed by atoms with Crippen molar-refractivity contribution >= 4 is 17.7 Å². The lowest BCUT2D eigenvalue weighted by Crippen LogP contribution is -2.30. The predicted molar refractivity (Wildman–Crippen MR) is 103 cm³/mol. The molecular weight excluding hydrogens is 346 g/mol. The first-order chi connectivity index (χ1) is 12.5. The third kappa shape index (κ3) is 4.73. The van der Waals surface area contributed by atoms with Gasteiger partial charge in [0.1, 0.15) is 0 Å². The summed E-state index contributed by atoms with van der Waals surface area (Å²) in [5.41, 5.74) is 3.26. The van der Waals surface area contributed by atoms with E-state index in [1.165, 1.54) is 22.9 Å². The number of nitrogens with zero attached hydrogens (tertiary/aromatic N) is 2. The molecule has 1 heterocycles. The monoisotopic (exact) mass is 367 g/mol. The Balaban J connectivity index is 1.54. The summed E-state index contributed by atoms with van der Waals surface area (Å²) >= 11 is 1.52. The Kier molecular flexibility index (Phi) is 5.73. The molecule has 6 heteroatoms. The zero-order valence-electron chi connectivity index (χ0n) is 15.0. The van der Waals surface area contributed by atoms with Crippen LogP contribution in [-0.4, -0.2) is 21.3 Å². The Morgan fingerprint density at radius 3 is 2.35 bits per heavy atom. The van der Waals surface area contributed by atoms with E-state index in [9.17, 15) is 4.79 Å². The van der Waals surface area contributed by atoms with Gasteiger partial charge in [-0.2, -0.15) is 4.98 Å². The maximum absolute atomic E-state index is 12.3. The Labute approximate surface area is 157 Å². The van der Waals surface area contributed by atoms with Crippen molar-refractivity contribution in [3.63, 3.8) is 0 Å². The van der Waals surface area contributed by atoms with Crippen LogP contribution in [0.4, 0.5) is 0 Å². The molecule has 0 saturated carbocycles. The second-order valence-corrected chi connectivity index (χ2v) is 7.58. The number of carbonyl (C=O) groups is 1. The third-order valence-corrected chi connectivity index (χ3v) is 5.01. The Morgan fingerprint density at radius 2 is 1.69 bits per heavy atom. The SMILES string of the molecule is Cc1ccc(S[C@H](C)C(=O)NCc2nc(-c3ccc(C)cc3)no2)cc1. The number of amides is 1. The number of nitrogens with one attached hydrogen (secondary N) is 1. The van der Waals surface area contributed by atoms with Crippen molar-refractivity contribution in [2.75, 3.05) is 0 Å². The molecule has 5 nitrogen and oxygen atoms in total. The van der Waals surface area contributed by atoms with E-state index in [-0.39, 0.29) is 17.7 Å². The van der Waals surface area contributed by atoms with E-state index in [1.807, 2.05) is 69.3 Å². The van der Waals surface area contributed by atoms with Gasteiger partial charge in [-0.1, -0.05) is 52.7 Å². The lowest BCUT2D eigenvalue weighted by molar-refractivity contribution is -0.120. The van der Waals surface area contributed by atoms with Crippen LogP contribution in [0.5, 0.6) is 0 Å². The van der Waals surface area contributed by atoms with Crippen LogP contribution in [0, 0.1) is 13.8 Å². The van der Waals surface area contributed by atoms with Gasteiger partial charge >= 0.3 is 0 Å². The second-order valence-electron chi connectivity index (χ2n) is 6.17. The van der Waals surface area contributed by atoms with Crippen molar-refractivity contribution in [3.8, 4) is 11.4 Å². The van der Waals surface area contributed by atoms with Crippen molar-refractivity contribution in [2.24, 2.45) is 0 Å². The first-order valence-corrected chi connectivity index (χ1v) is 9.30. The van der Waals surface area contributed by atoms with Crippen LogP contribution in [0.25, 0.3) is 11.4 Å².